The number of hydrogen-bond donors (Lipinski definition) is 1. The van der Waals surface area contributed by atoms with E-state index in [9.17, 15) is 18.5 Å². The lowest BCUT2D eigenvalue weighted by molar-refractivity contribution is -0.970. The molecule has 1 fully saturated rings. The largest absolute Gasteiger partial charge is 0.466 e. The van der Waals surface area contributed by atoms with E-state index in [4.69, 9.17) is 13.5 Å². The summed E-state index contributed by atoms with van der Waals surface area (Å²) in [7, 11) is -4.58. The molecule has 0 aliphatic carbocycles. The molecule has 1 N–H and O–H groups in total. The van der Waals surface area contributed by atoms with Crippen molar-refractivity contribution in [2.24, 2.45) is 0 Å². The van der Waals surface area contributed by atoms with E-state index in [-0.39, 0.29) is 22.7 Å². The predicted molar refractivity (Wildman–Crippen MR) is 98.1 cm³/mol. The highest BCUT2D eigenvalue weighted by molar-refractivity contribution is 7.80. The molecule has 28 heavy (non-hydrogen) atoms. The molecule has 1 atom stereocenters. The van der Waals surface area contributed by atoms with Gasteiger partial charge in [0.05, 0.1) is 18.0 Å². The molecule has 0 radical (unpaired) electrons. The average molecular weight is 415 g/mol. The number of likely N-dealkylation sites (tertiary alicyclic amines) is 1. The van der Waals surface area contributed by atoms with Gasteiger partial charge >= 0.3 is 22.0 Å². The lowest BCUT2D eigenvalue weighted by Gasteiger charge is -2.44. The van der Waals surface area contributed by atoms with Crippen LogP contribution in [0.1, 0.15) is 26.2 Å². The van der Waals surface area contributed by atoms with Gasteiger partial charge in [-0.25, -0.2) is 4.52 Å². The van der Waals surface area contributed by atoms with Crippen molar-refractivity contribution in [2.75, 3.05) is 26.2 Å². The summed E-state index contributed by atoms with van der Waals surface area (Å²) in [6.45, 7) is 3.36. The van der Waals surface area contributed by atoms with Gasteiger partial charge in [-0.15, -0.1) is 5.10 Å². The van der Waals surface area contributed by atoms with E-state index < -0.39 is 21.6 Å². The minimum Gasteiger partial charge on any atom is -0.466 e. The van der Waals surface area contributed by atoms with Gasteiger partial charge in [0.25, 0.3) is 0 Å². The first-order chi connectivity index (χ1) is 13.2. The highest BCUT2D eigenvalue weighted by Crippen LogP contribution is 2.31. The molecule has 1 aliphatic rings. The molecule has 0 bridgehead atoms. The van der Waals surface area contributed by atoms with E-state index in [1.165, 1.54) is 4.52 Å². The summed E-state index contributed by atoms with van der Waals surface area (Å²) >= 11 is 0. The van der Waals surface area contributed by atoms with Crippen LogP contribution in [-0.2, 0) is 14.6 Å². The van der Waals surface area contributed by atoms with Crippen molar-refractivity contribution in [3.63, 3.8) is 0 Å². The normalized spacial score (nSPS) is 18.1. The Balaban J connectivity index is 1.77. The van der Waals surface area contributed by atoms with E-state index in [1.807, 2.05) is 0 Å². The van der Waals surface area contributed by atoms with Crippen LogP contribution in [0.4, 0.5) is 5.69 Å². The van der Waals surface area contributed by atoms with Crippen molar-refractivity contribution in [1.82, 2.24) is 9.61 Å². The first-order valence-electron chi connectivity index (χ1n) is 8.98. The lowest BCUT2D eigenvalue weighted by Crippen LogP contribution is -2.60. The smallest absolute Gasteiger partial charge is 0.402 e. The zero-order valence-electron chi connectivity index (χ0n) is 15.4. The molecule has 1 aliphatic heterocycles. The Kier molecular flexibility index (Phi) is 5.84. The van der Waals surface area contributed by atoms with Crippen LogP contribution in [0.25, 0.3) is 5.52 Å². The maximum Gasteiger partial charge on any atom is 0.402 e. The third-order valence-electron chi connectivity index (χ3n) is 5.18. The van der Waals surface area contributed by atoms with Crippen molar-refractivity contribution in [1.29, 1.82) is 0 Å². The fraction of sp³-hybridized carbons (Fsp3) is 0.562. The summed E-state index contributed by atoms with van der Waals surface area (Å²) in [6, 6.07) is 4.96. The second-order valence-electron chi connectivity index (χ2n) is 6.86. The first-order valence-corrected chi connectivity index (χ1v) is 10.3. The predicted octanol–water partition coefficient (Wildman–Crippen LogP) is 1.79. The number of fused-ring (bicyclic) bond motifs is 1. The van der Waals surface area contributed by atoms with E-state index in [2.05, 4.69) is 5.10 Å². The van der Waals surface area contributed by atoms with Crippen molar-refractivity contribution in [3.05, 3.63) is 34.5 Å². The number of nitro groups is 1. The van der Waals surface area contributed by atoms with Crippen molar-refractivity contribution in [2.45, 2.75) is 32.4 Å². The molecule has 12 heteroatoms. The summed E-state index contributed by atoms with van der Waals surface area (Å²) < 4.78 is 43.4. The van der Waals surface area contributed by atoms with Crippen LogP contribution >= 0.6 is 0 Å². The number of nitrogens with zero attached hydrogens (tertiary/aromatic N) is 4. The highest BCUT2D eigenvalue weighted by atomic mass is 32.3. The van der Waals surface area contributed by atoms with Crippen molar-refractivity contribution in [3.8, 4) is 5.88 Å². The van der Waals surface area contributed by atoms with Crippen LogP contribution in [0.15, 0.2) is 24.4 Å². The fourth-order valence-electron chi connectivity index (χ4n) is 3.74. The maximum absolute atomic E-state index is 11.4. The zero-order chi connectivity index (χ0) is 20.4. The first kappa shape index (κ1) is 20.5. The summed E-state index contributed by atoms with van der Waals surface area (Å²) in [6.07, 6.45) is 3.59. The topological polar surface area (TPSA) is 133 Å². The molecule has 0 spiro atoms. The molecule has 0 saturated carbocycles. The number of quaternary nitrogens is 1. The third-order valence-corrected chi connectivity index (χ3v) is 5.70. The standard InChI is InChI=1S/C16H22N4O7S/c1-13(27-28(23,24)25)20(9-5-2-6-10-20)11-12-26-16-15(19(21)22)14-7-3-4-8-18(14)17-16/h3-4,7-8,13H,2,5-6,9-12H2,1H3/p+1. The highest BCUT2D eigenvalue weighted by Gasteiger charge is 2.39. The number of piperidine rings is 1. The Labute approximate surface area is 162 Å². The Morgan fingerprint density at radius 3 is 2.71 bits per heavy atom. The summed E-state index contributed by atoms with van der Waals surface area (Å²) in [4.78, 5) is 10.9. The molecule has 1 unspecified atom stereocenters. The Morgan fingerprint density at radius 1 is 1.36 bits per heavy atom. The number of ether oxygens (including phenoxy) is 1. The van der Waals surface area contributed by atoms with E-state index in [1.54, 1.807) is 31.3 Å². The fourth-order valence-corrected chi connectivity index (χ4v) is 4.27. The quantitative estimate of drug-likeness (QED) is 0.298. The van der Waals surface area contributed by atoms with Crippen molar-refractivity contribution >= 4 is 21.6 Å². The van der Waals surface area contributed by atoms with Crippen LogP contribution in [0.5, 0.6) is 5.88 Å². The molecule has 2 aromatic rings. The van der Waals surface area contributed by atoms with E-state index in [0.29, 0.717) is 25.2 Å². The van der Waals surface area contributed by atoms with Gasteiger partial charge in [0.15, 0.2) is 0 Å². The van der Waals surface area contributed by atoms with Gasteiger partial charge in [0.1, 0.15) is 18.7 Å². The Bertz CT molecular complexity index is 953. The maximum atomic E-state index is 11.4. The summed E-state index contributed by atoms with van der Waals surface area (Å²) in [5.74, 6) is -0.0882. The van der Waals surface area contributed by atoms with Crippen LogP contribution in [0.2, 0.25) is 0 Å². The van der Waals surface area contributed by atoms with Gasteiger partial charge in [-0.2, -0.15) is 12.6 Å². The second kappa shape index (κ2) is 7.99. The second-order valence-corrected chi connectivity index (χ2v) is 7.91. The van der Waals surface area contributed by atoms with E-state index >= 15 is 0 Å². The molecule has 0 amide bonds. The minimum absolute atomic E-state index is 0.0872. The van der Waals surface area contributed by atoms with Gasteiger partial charge in [0.2, 0.25) is 6.23 Å². The summed E-state index contributed by atoms with van der Waals surface area (Å²) in [5, 5.41) is 15.6. The van der Waals surface area contributed by atoms with Crippen LogP contribution in [0.3, 0.4) is 0 Å². The lowest BCUT2D eigenvalue weighted by atomic mass is 10.1. The van der Waals surface area contributed by atoms with E-state index in [0.717, 1.165) is 19.3 Å². The number of rotatable bonds is 8. The molecule has 11 nitrogen and oxygen atoms in total. The van der Waals surface area contributed by atoms with Gasteiger partial charge in [-0.05, 0) is 31.4 Å². The van der Waals surface area contributed by atoms with Crippen LogP contribution in [0, 0.1) is 10.1 Å². The number of hydrogen-bond acceptors (Lipinski definition) is 7. The molecule has 3 heterocycles. The third kappa shape index (κ3) is 4.41. The van der Waals surface area contributed by atoms with Gasteiger partial charge < -0.3 is 4.74 Å². The zero-order valence-corrected chi connectivity index (χ0v) is 16.2. The summed E-state index contributed by atoms with van der Waals surface area (Å²) in [5.41, 5.74) is 0.112. The Hall–Kier alpha value is -2.28. The molecule has 0 aromatic carbocycles. The van der Waals surface area contributed by atoms with Gasteiger partial charge in [-0.3, -0.25) is 19.2 Å². The number of aromatic nitrogens is 2. The average Bonchev–Trinajstić information content (AvgIpc) is 2.99. The molecule has 3 rings (SSSR count). The van der Waals surface area contributed by atoms with Crippen LogP contribution < -0.4 is 4.74 Å². The molecular formula is C16H23N4O7S+. The number of pyridine rings is 1. The van der Waals surface area contributed by atoms with Gasteiger partial charge in [0, 0.05) is 13.1 Å². The van der Waals surface area contributed by atoms with Gasteiger partial charge in [-0.1, -0.05) is 6.07 Å². The molecular weight excluding hydrogens is 392 g/mol. The van der Waals surface area contributed by atoms with Crippen molar-refractivity contribution < 1.29 is 31.3 Å². The molecule has 154 valence electrons. The molecule has 1 saturated heterocycles. The molecule has 2 aromatic heterocycles. The minimum atomic E-state index is -4.58. The SMILES string of the molecule is CC(OS(=O)(=O)O)[N+]1(CCOc2nn3ccccc3c2[N+](=O)[O-])CCCCC1. The Morgan fingerprint density at radius 2 is 2.07 bits per heavy atom. The monoisotopic (exact) mass is 415 g/mol. The van der Waals surface area contributed by atoms with Crippen LogP contribution in [-0.4, -0.2) is 64.5 Å².